The van der Waals surface area contributed by atoms with Gasteiger partial charge in [0.05, 0.1) is 17.1 Å². The van der Waals surface area contributed by atoms with E-state index >= 15 is 0 Å². The van der Waals surface area contributed by atoms with Gasteiger partial charge in [-0.3, -0.25) is 4.98 Å². The molecule has 0 saturated carbocycles. The van der Waals surface area contributed by atoms with Crippen LogP contribution in [0.2, 0.25) is 0 Å². The van der Waals surface area contributed by atoms with Gasteiger partial charge in [0, 0.05) is 31.5 Å². The number of para-hydroxylation sites is 2. The Morgan fingerprint density at radius 3 is 2.90 bits per heavy atom. The molecule has 1 aromatic carbocycles. The predicted octanol–water partition coefficient (Wildman–Crippen LogP) is 3.67. The zero-order valence-electron chi connectivity index (χ0n) is 16.1. The highest BCUT2D eigenvalue weighted by Crippen LogP contribution is 2.38. The van der Waals surface area contributed by atoms with Crippen LogP contribution < -0.4 is 15.5 Å². The minimum atomic E-state index is 0.487. The van der Waals surface area contributed by atoms with E-state index in [1.54, 1.807) is 6.20 Å². The minimum Gasteiger partial charge on any atom is -0.370 e. The normalized spacial score (nSPS) is 14.0. The number of nitrogens with one attached hydrogen (secondary N) is 2. The third kappa shape index (κ3) is 3.87. The Morgan fingerprint density at radius 2 is 2.10 bits per heavy atom. The summed E-state index contributed by atoms with van der Waals surface area (Å²) in [6.45, 7) is 3.52. The molecule has 29 heavy (non-hydrogen) atoms. The third-order valence-corrected chi connectivity index (χ3v) is 4.75. The van der Waals surface area contributed by atoms with Crippen molar-refractivity contribution in [2.45, 2.75) is 13.3 Å². The number of hydrogen-bond acceptors (Lipinski definition) is 7. The standard InChI is InChI=1S/C22H21N7/c1-2-29-20-8-4-3-7-18(20)28-22(29)17(13-23)19-12-21(27-15-26-19)25-11-9-16-6-5-10-24-14-16/h3-8,10,12,14-15,28H,2,9,11H2,1H3,(H,25,26,27)/b22-17+. The Hall–Kier alpha value is -3.92. The van der Waals surface area contributed by atoms with Gasteiger partial charge >= 0.3 is 0 Å². The van der Waals surface area contributed by atoms with Crippen molar-refractivity contribution in [2.24, 2.45) is 0 Å². The molecule has 7 nitrogen and oxygen atoms in total. The molecule has 0 saturated heterocycles. The summed E-state index contributed by atoms with van der Waals surface area (Å²) in [5, 5.41) is 16.6. The molecule has 0 unspecified atom stereocenters. The molecule has 1 aliphatic heterocycles. The van der Waals surface area contributed by atoms with Gasteiger partial charge in [-0.1, -0.05) is 18.2 Å². The maximum atomic E-state index is 9.89. The highest BCUT2D eigenvalue weighted by atomic mass is 15.3. The van der Waals surface area contributed by atoms with E-state index in [1.807, 2.05) is 48.7 Å². The maximum absolute atomic E-state index is 9.89. The molecule has 1 aliphatic rings. The first kappa shape index (κ1) is 18.4. The summed E-state index contributed by atoms with van der Waals surface area (Å²) in [5.41, 5.74) is 4.27. The van der Waals surface area contributed by atoms with Gasteiger partial charge in [-0.2, -0.15) is 5.26 Å². The minimum absolute atomic E-state index is 0.487. The van der Waals surface area contributed by atoms with Crippen molar-refractivity contribution in [3.05, 3.63) is 78.3 Å². The fraction of sp³-hybridized carbons (Fsp3) is 0.182. The molecule has 7 heteroatoms. The van der Waals surface area contributed by atoms with Gasteiger partial charge < -0.3 is 15.5 Å². The Balaban J connectivity index is 1.56. The number of fused-ring (bicyclic) bond motifs is 1. The molecule has 0 atom stereocenters. The summed E-state index contributed by atoms with van der Waals surface area (Å²) in [4.78, 5) is 14.9. The molecule has 3 aromatic rings. The SMILES string of the molecule is CCN1/C(=C(\C#N)c2cc(NCCc3cccnc3)ncn2)Nc2ccccc21. The number of nitrogens with zero attached hydrogens (tertiary/aromatic N) is 5. The Labute approximate surface area is 169 Å². The summed E-state index contributed by atoms with van der Waals surface area (Å²) in [7, 11) is 0. The monoisotopic (exact) mass is 383 g/mol. The Morgan fingerprint density at radius 1 is 1.21 bits per heavy atom. The van der Waals surface area contributed by atoms with E-state index in [1.165, 1.54) is 6.33 Å². The second-order valence-corrected chi connectivity index (χ2v) is 6.55. The van der Waals surface area contributed by atoms with Crippen molar-refractivity contribution in [1.82, 2.24) is 15.0 Å². The lowest BCUT2D eigenvalue weighted by atomic mass is 10.2. The number of pyridine rings is 1. The maximum Gasteiger partial charge on any atom is 0.131 e. The van der Waals surface area contributed by atoms with Crippen LogP contribution in [0.5, 0.6) is 0 Å². The van der Waals surface area contributed by atoms with Crippen molar-refractivity contribution < 1.29 is 0 Å². The first-order valence-electron chi connectivity index (χ1n) is 9.53. The summed E-state index contributed by atoms with van der Waals surface area (Å²) < 4.78 is 0. The van der Waals surface area contributed by atoms with E-state index in [4.69, 9.17) is 0 Å². The summed E-state index contributed by atoms with van der Waals surface area (Å²) in [5.74, 6) is 1.43. The number of hydrogen-bond donors (Lipinski definition) is 2. The number of anilines is 3. The largest absolute Gasteiger partial charge is 0.370 e. The molecule has 2 aromatic heterocycles. The quantitative estimate of drug-likeness (QED) is 0.628. The highest BCUT2D eigenvalue weighted by Gasteiger charge is 2.26. The molecule has 0 aliphatic carbocycles. The van der Waals surface area contributed by atoms with Gasteiger partial charge in [0.25, 0.3) is 0 Å². The molecular formula is C22H21N7. The average molecular weight is 383 g/mol. The van der Waals surface area contributed by atoms with Crippen LogP contribution in [0.1, 0.15) is 18.2 Å². The molecule has 3 heterocycles. The van der Waals surface area contributed by atoms with Gasteiger partial charge in [-0.15, -0.1) is 0 Å². The van der Waals surface area contributed by atoms with Crippen molar-refractivity contribution in [3.8, 4) is 6.07 Å². The molecule has 0 spiro atoms. The average Bonchev–Trinajstić information content (AvgIpc) is 3.13. The molecule has 2 N–H and O–H groups in total. The second-order valence-electron chi connectivity index (χ2n) is 6.55. The van der Waals surface area contributed by atoms with Crippen molar-refractivity contribution in [3.63, 3.8) is 0 Å². The van der Waals surface area contributed by atoms with E-state index in [-0.39, 0.29) is 0 Å². The van der Waals surface area contributed by atoms with Crippen LogP contribution >= 0.6 is 0 Å². The Kier molecular flexibility index (Phi) is 5.34. The predicted molar refractivity (Wildman–Crippen MR) is 114 cm³/mol. The van der Waals surface area contributed by atoms with Crippen LogP contribution in [0.3, 0.4) is 0 Å². The zero-order valence-corrected chi connectivity index (χ0v) is 16.1. The molecular weight excluding hydrogens is 362 g/mol. The van der Waals surface area contributed by atoms with E-state index < -0.39 is 0 Å². The summed E-state index contributed by atoms with van der Waals surface area (Å²) in [6.07, 6.45) is 5.94. The molecule has 144 valence electrons. The molecule has 0 radical (unpaired) electrons. The van der Waals surface area contributed by atoms with Crippen LogP contribution in [0.15, 0.2) is 67.0 Å². The van der Waals surface area contributed by atoms with Crippen LogP contribution in [-0.2, 0) is 6.42 Å². The lowest BCUT2D eigenvalue weighted by molar-refractivity contribution is 0.981. The molecule has 0 amide bonds. The third-order valence-electron chi connectivity index (χ3n) is 4.75. The van der Waals surface area contributed by atoms with Gasteiger partial charge in [-0.05, 0) is 37.1 Å². The molecule has 4 rings (SSSR count). The lowest BCUT2D eigenvalue weighted by Gasteiger charge is -2.19. The number of benzene rings is 1. The van der Waals surface area contributed by atoms with E-state index in [0.717, 1.165) is 35.7 Å². The van der Waals surface area contributed by atoms with Gasteiger partial charge in [0.1, 0.15) is 29.6 Å². The van der Waals surface area contributed by atoms with Gasteiger partial charge in [-0.25, -0.2) is 9.97 Å². The van der Waals surface area contributed by atoms with Crippen molar-refractivity contribution in [1.29, 1.82) is 5.26 Å². The van der Waals surface area contributed by atoms with Gasteiger partial charge in [0.2, 0.25) is 0 Å². The lowest BCUT2D eigenvalue weighted by Crippen LogP contribution is -2.21. The second kappa shape index (κ2) is 8.40. The van der Waals surface area contributed by atoms with Crippen molar-refractivity contribution in [2.75, 3.05) is 28.6 Å². The smallest absolute Gasteiger partial charge is 0.131 e. The number of nitriles is 1. The van der Waals surface area contributed by atoms with Crippen LogP contribution in [-0.4, -0.2) is 28.0 Å². The van der Waals surface area contributed by atoms with E-state index in [9.17, 15) is 5.26 Å². The topological polar surface area (TPSA) is 89.8 Å². The zero-order chi connectivity index (χ0) is 20.1. The van der Waals surface area contributed by atoms with Crippen molar-refractivity contribution >= 4 is 22.8 Å². The van der Waals surface area contributed by atoms with E-state index in [0.29, 0.717) is 23.6 Å². The summed E-state index contributed by atoms with van der Waals surface area (Å²) >= 11 is 0. The summed E-state index contributed by atoms with van der Waals surface area (Å²) in [6, 6.07) is 16.1. The van der Waals surface area contributed by atoms with Gasteiger partial charge in [0.15, 0.2) is 0 Å². The highest BCUT2D eigenvalue weighted by molar-refractivity contribution is 5.91. The number of rotatable bonds is 6. The van der Waals surface area contributed by atoms with Crippen LogP contribution in [0.4, 0.5) is 17.2 Å². The molecule has 0 fully saturated rings. The number of aromatic nitrogens is 3. The van der Waals surface area contributed by atoms with Crippen LogP contribution in [0.25, 0.3) is 5.57 Å². The first-order chi connectivity index (χ1) is 14.3. The Bertz CT molecular complexity index is 1070. The van der Waals surface area contributed by atoms with E-state index in [2.05, 4.69) is 43.5 Å². The van der Waals surface area contributed by atoms with Crippen LogP contribution in [0, 0.1) is 11.3 Å². The first-order valence-corrected chi connectivity index (χ1v) is 9.53. The fourth-order valence-electron chi connectivity index (χ4n) is 3.36. The molecule has 0 bridgehead atoms. The fourth-order valence-corrected chi connectivity index (χ4v) is 3.36. The number of allylic oxidation sites excluding steroid dienone is 1.